The van der Waals surface area contributed by atoms with Crippen molar-refractivity contribution in [2.24, 2.45) is 0 Å². The zero-order valence-corrected chi connectivity index (χ0v) is 8.72. The topological polar surface area (TPSA) is 26.3 Å². The Morgan fingerprint density at radius 3 is 2.73 bits per heavy atom. The summed E-state index contributed by atoms with van der Waals surface area (Å²) in [6.07, 6.45) is -2.75. The average Bonchev–Trinajstić information content (AvgIpc) is 2.17. The van der Waals surface area contributed by atoms with Gasteiger partial charge in [-0.1, -0.05) is 23.7 Å². The Kier molecular flexibility index (Phi) is 4.03. The van der Waals surface area contributed by atoms with Gasteiger partial charge in [0.2, 0.25) is 0 Å². The minimum atomic E-state index is -2.75. The highest BCUT2D eigenvalue weighted by Crippen LogP contribution is 2.28. The molecule has 0 amide bonds. The Morgan fingerprint density at radius 2 is 2.20 bits per heavy atom. The van der Waals surface area contributed by atoms with Crippen LogP contribution < -0.4 is 0 Å². The van der Waals surface area contributed by atoms with Gasteiger partial charge in [0.1, 0.15) is 0 Å². The zero-order chi connectivity index (χ0) is 11.4. The summed E-state index contributed by atoms with van der Waals surface area (Å²) >= 11 is 5.67. The van der Waals surface area contributed by atoms with E-state index in [0.29, 0.717) is 0 Å². The van der Waals surface area contributed by atoms with Gasteiger partial charge in [-0.05, 0) is 13.0 Å². The molecule has 2 nitrogen and oxygen atoms in total. The van der Waals surface area contributed by atoms with Crippen LogP contribution in [0.2, 0.25) is 5.02 Å². The molecule has 0 fully saturated rings. The third kappa shape index (κ3) is 2.65. The maximum absolute atomic E-state index is 12.5. The van der Waals surface area contributed by atoms with Crippen molar-refractivity contribution in [3.8, 4) is 0 Å². The van der Waals surface area contributed by atoms with Crippen LogP contribution in [0.25, 0.3) is 0 Å². The average molecular weight is 235 g/mol. The highest BCUT2D eigenvalue weighted by atomic mass is 35.5. The van der Waals surface area contributed by atoms with Gasteiger partial charge < -0.3 is 4.74 Å². The summed E-state index contributed by atoms with van der Waals surface area (Å²) in [5.41, 5.74) is -0.656. The van der Waals surface area contributed by atoms with Crippen LogP contribution in [-0.2, 0) is 4.74 Å². The second-order valence-electron chi connectivity index (χ2n) is 2.73. The monoisotopic (exact) mass is 234 g/mol. The van der Waals surface area contributed by atoms with Gasteiger partial charge in [0.25, 0.3) is 6.43 Å². The molecule has 15 heavy (non-hydrogen) atoms. The summed E-state index contributed by atoms with van der Waals surface area (Å²) in [6, 6.07) is 3.90. The van der Waals surface area contributed by atoms with Crippen LogP contribution in [0, 0.1) is 0 Å². The van der Waals surface area contributed by atoms with E-state index in [2.05, 4.69) is 4.74 Å². The number of rotatable bonds is 3. The van der Waals surface area contributed by atoms with Crippen LogP contribution in [0.15, 0.2) is 18.2 Å². The van der Waals surface area contributed by atoms with E-state index in [-0.39, 0.29) is 17.2 Å². The normalized spacial score (nSPS) is 10.5. The van der Waals surface area contributed by atoms with Crippen molar-refractivity contribution in [3.05, 3.63) is 34.3 Å². The Bertz CT molecular complexity index is 366. The van der Waals surface area contributed by atoms with E-state index in [1.807, 2.05) is 0 Å². The standard InChI is InChI=1S/C10H9ClF2O2/c1-2-15-10(14)8-6(9(12)13)4-3-5-7(8)11/h3-5,9H,2H2,1H3. The van der Waals surface area contributed by atoms with Crippen LogP contribution in [0.3, 0.4) is 0 Å². The minimum Gasteiger partial charge on any atom is -0.462 e. The van der Waals surface area contributed by atoms with Gasteiger partial charge in [-0.15, -0.1) is 0 Å². The van der Waals surface area contributed by atoms with E-state index < -0.39 is 18.0 Å². The van der Waals surface area contributed by atoms with Gasteiger partial charge in [0, 0.05) is 5.56 Å². The molecule has 0 heterocycles. The molecule has 82 valence electrons. The molecule has 0 aromatic heterocycles. The molecule has 0 aliphatic heterocycles. The molecular formula is C10H9ClF2O2. The van der Waals surface area contributed by atoms with Crippen LogP contribution in [-0.4, -0.2) is 12.6 Å². The quantitative estimate of drug-likeness (QED) is 0.749. The van der Waals surface area contributed by atoms with E-state index >= 15 is 0 Å². The van der Waals surface area contributed by atoms with Crippen molar-refractivity contribution in [3.63, 3.8) is 0 Å². The van der Waals surface area contributed by atoms with Crippen molar-refractivity contribution in [1.82, 2.24) is 0 Å². The molecule has 5 heteroatoms. The zero-order valence-electron chi connectivity index (χ0n) is 7.97. The number of halogens is 3. The predicted molar refractivity (Wildman–Crippen MR) is 52.4 cm³/mol. The molecule has 0 aliphatic carbocycles. The lowest BCUT2D eigenvalue weighted by Crippen LogP contribution is -2.09. The number of hydrogen-bond acceptors (Lipinski definition) is 2. The lowest BCUT2D eigenvalue weighted by atomic mass is 10.1. The Labute approximate surface area is 90.8 Å². The number of carbonyl (C=O) groups is 1. The number of benzene rings is 1. The number of carbonyl (C=O) groups excluding carboxylic acids is 1. The van der Waals surface area contributed by atoms with E-state index in [1.165, 1.54) is 12.1 Å². The first-order valence-corrected chi connectivity index (χ1v) is 4.69. The van der Waals surface area contributed by atoms with E-state index in [9.17, 15) is 13.6 Å². The molecule has 0 N–H and O–H groups in total. The molecule has 1 aromatic carbocycles. The predicted octanol–water partition coefficient (Wildman–Crippen LogP) is 3.45. The maximum Gasteiger partial charge on any atom is 0.340 e. The first-order valence-electron chi connectivity index (χ1n) is 4.31. The van der Waals surface area contributed by atoms with Crippen molar-refractivity contribution in [2.75, 3.05) is 6.61 Å². The number of hydrogen-bond donors (Lipinski definition) is 0. The van der Waals surface area contributed by atoms with Crippen LogP contribution >= 0.6 is 11.6 Å². The molecule has 0 saturated heterocycles. The molecule has 0 spiro atoms. The summed E-state index contributed by atoms with van der Waals surface area (Å²) in [5, 5.41) is -0.0220. The molecule has 0 saturated carbocycles. The second-order valence-corrected chi connectivity index (χ2v) is 3.13. The minimum absolute atomic E-state index is 0.0220. The first kappa shape index (κ1) is 11.9. The van der Waals surface area contributed by atoms with Crippen molar-refractivity contribution >= 4 is 17.6 Å². The summed E-state index contributed by atoms with van der Waals surface area (Å²) in [7, 11) is 0. The van der Waals surface area contributed by atoms with E-state index in [4.69, 9.17) is 11.6 Å². The molecule has 0 unspecified atom stereocenters. The van der Waals surface area contributed by atoms with E-state index in [1.54, 1.807) is 6.92 Å². The van der Waals surface area contributed by atoms with Gasteiger partial charge in [-0.3, -0.25) is 0 Å². The third-order valence-corrected chi connectivity index (χ3v) is 2.08. The van der Waals surface area contributed by atoms with Gasteiger partial charge in [-0.25, -0.2) is 13.6 Å². The Morgan fingerprint density at radius 1 is 1.53 bits per heavy atom. The fourth-order valence-electron chi connectivity index (χ4n) is 1.14. The van der Waals surface area contributed by atoms with Gasteiger partial charge in [0.15, 0.2) is 0 Å². The summed E-state index contributed by atoms with van der Waals surface area (Å²) < 4.78 is 29.7. The first-order chi connectivity index (χ1) is 7.07. The molecule has 0 aliphatic rings. The largest absolute Gasteiger partial charge is 0.462 e. The van der Waals surface area contributed by atoms with Crippen LogP contribution in [0.5, 0.6) is 0 Å². The van der Waals surface area contributed by atoms with Gasteiger partial charge in [-0.2, -0.15) is 0 Å². The third-order valence-electron chi connectivity index (χ3n) is 1.76. The van der Waals surface area contributed by atoms with Crippen molar-refractivity contribution in [1.29, 1.82) is 0 Å². The highest BCUT2D eigenvalue weighted by Gasteiger charge is 2.21. The van der Waals surface area contributed by atoms with Gasteiger partial charge >= 0.3 is 5.97 Å². The number of esters is 1. The Balaban J connectivity index is 3.18. The molecule has 1 rings (SSSR count). The van der Waals surface area contributed by atoms with Crippen molar-refractivity contribution < 1.29 is 18.3 Å². The van der Waals surface area contributed by atoms with E-state index in [0.717, 1.165) is 6.07 Å². The fourth-order valence-corrected chi connectivity index (χ4v) is 1.40. The molecule has 0 atom stereocenters. The molecule has 0 bridgehead atoms. The summed E-state index contributed by atoms with van der Waals surface area (Å²) in [5.74, 6) is -0.821. The van der Waals surface area contributed by atoms with Crippen LogP contribution in [0.4, 0.5) is 8.78 Å². The molecule has 0 radical (unpaired) electrons. The van der Waals surface area contributed by atoms with Crippen LogP contribution in [0.1, 0.15) is 29.3 Å². The lowest BCUT2D eigenvalue weighted by molar-refractivity contribution is 0.0515. The summed E-state index contributed by atoms with van der Waals surface area (Å²) in [6.45, 7) is 1.71. The smallest absolute Gasteiger partial charge is 0.340 e. The number of ether oxygens (including phenoxy) is 1. The van der Waals surface area contributed by atoms with Gasteiger partial charge in [0.05, 0.1) is 17.2 Å². The Hall–Kier alpha value is -1.16. The lowest BCUT2D eigenvalue weighted by Gasteiger charge is -2.09. The van der Waals surface area contributed by atoms with Crippen molar-refractivity contribution in [2.45, 2.75) is 13.3 Å². The summed E-state index contributed by atoms with van der Waals surface area (Å²) in [4.78, 5) is 11.4. The second kappa shape index (κ2) is 5.07. The molecule has 1 aromatic rings. The fraction of sp³-hybridized carbons (Fsp3) is 0.300. The highest BCUT2D eigenvalue weighted by molar-refractivity contribution is 6.33. The maximum atomic E-state index is 12.5. The SMILES string of the molecule is CCOC(=O)c1c(Cl)cccc1C(F)F. The number of alkyl halides is 2. The molecular weight excluding hydrogens is 226 g/mol.